The molecule has 2 aliphatic rings. The van der Waals surface area contributed by atoms with Gasteiger partial charge in [0.25, 0.3) is 0 Å². The van der Waals surface area contributed by atoms with Gasteiger partial charge in [0.05, 0.1) is 31.3 Å². The number of ether oxygens (including phenoxy) is 3. The molecule has 1 aromatic rings. The fourth-order valence-electron chi connectivity index (χ4n) is 3.94. The summed E-state index contributed by atoms with van der Waals surface area (Å²) in [5.74, 6) is -5.24. The number of Topliss-reactive ketones (excluding diaryl/α,β-unsaturated/α-hetero) is 1. The maximum Gasteiger partial charge on any atom is 0.450 e. The van der Waals surface area contributed by atoms with Crippen LogP contribution in [0, 0.1) is 5.41 Å². The maximum atomic E-state index is 13.9. The maximum absolute atomic E-state index is 13.9. The highest BCUT2D eigenvalue weighted by atomic mass is 19.4. The standard InChI is InChI=1S/C22H21F3O6/c1-21(2)9-13(26)16-14(10-21)31-18(22(23,24)25)17(20(28)30-4)15(16)11-5-7-12(8-6-11)19(27)29-3/h5-8,15H,9-10H2,1-4H3. The molecule has 0 N–H and O–H groups in total. The average Bonchev–Trinajstić information content (AvgIpc) is 2.69. The highest BCUT2D eigenvalue weighted by Gasteiger charge is 2.51. The van der Waals surface area contributed by atoms with E-state index in [0.717, 1.165) is 7.11 Å². The Morgan fingerprint density at radius 3 is 2.13 bits per heavy atom. The number of benzene rings is 1. The Hall–Kier alpha value is -3.10. The van der Waals surface area contributed by atoms with Crippen LogP contribution in [0.2, 0.25) is 0 Å². The molecule has 1 unspecified atom stereocenters. The minimum Gasteiger partial charge on any atom is -0.466 e. The summed E-state index contributed by atoms with van der Waals surface area (Å²) in [7, 11) is 2.15. The number of carbonyl (C=O) groups is 3. The van der Waals surface area contributed by atoms with E-state index in [1.54, 1.807) is 13.8 Å². The molecule has 1 aliphatic carbocycles. The summed E-state index contributed by atoms with van der Waals surface area (Å²) < 4.78 is 56.1. The third-order valence-electron chi connectivity index (χ3n) is 5.25. The zero-order chi connectivity index (χ0) is 23.1. The molecule has 0 bridgehead atoms. The summed E-state index contributed by atoms with van der Waals surface area (Å²) in [5.41, 5.74) is -1.01. The number of allylic oxidation sites excluding steroid dienone is 3. The third-order valence-corrected chi connectivity index (χ3v) is 5.25. The van der Waals surface area contributed by atoms with Crippen molar-refractivity contribution in [1.29, 1.82) is 0 Å². The van der Waals surface area contributed by atoms with Crippen LogP contribution < -0.4 is 0 Å². The lowest BCUT2D eigenvalue weighted by Gasteiger charge is -2.38. The minimum absolute atomic E-state index is 0.00135. The van der Waals surface area contributed by atoms with Crippen LogP contribution in [-0.4, -0.2) is 38.1 Å². The first-order valence-electron chi connectivity index (χ1n) is 9.41. The summed E-state index contributed by atoms with van der Waals surface area (Å²) in [6.07, 6.45) is -4.81. The predicted octanol–water partition coefficient (Wildman–Crippen LogP) is 4.22. The van der Waals surface area contributed by atoms with Crippen molar-refractivity contribution in [3.05, 3.63) is 58.1 Å². The van der Waals surface area contributed by atoms with Crippen molar-refractivity contribution in [2.24, 2.45) is 5.41 Å². The van der Waals surface area contributed by atoms with E-state index in [1.165, 1.54) is 31.4 Å². The van der Waals surface area contributed by atoms with Gasteiger partial charge in [0.1, 0.15) is 5.76 Å². The lowest BCUT2D eigenvalue weighted by Crippen LogP contribution is -2.36. The van der Waals surface area contributed by atoms with Gasteiger partial charge in [0.15, 0.2) is 5.78 Å². The number of hydrogen-bond donors (Lipinski definition) is 0. The lowest BCUT2D eigenvalue weighted by molar-refractivity contribution is -0.144. The van der Waals surface area contributed by atoms with Gasteiger partial charge in [0, 0.05) is 18.4 Å². The molecular formula is C22H21F3O6. The van der Waals surface area contributed by atoms with E-state index >= 15 is 0 Å². The molecule has 1 aromatic carbocycles. The van der Waals surface area contributed by atoms with Gasteiger partial charge < -0.3 is 14.2 Å². The Morgan fingerprint density at radius 2 is 1.61 bits per heavy atom. The highest BCUT2D eigenvalue weighted by molar-refractivity contribution is 6.03. The summed E-state index contributed by atoms with van der Waals surface area (Å²) in [6.45, 7) is 3.51. The van der Waals surface area contributed by atoms with Crippen LogP contribution in [0.3, 0.4) is 0 Å². The molecule has 1 heterocycles. The molecule has 0 amide bonds. The molecule has 9 heteroatoms. The Balaban J connectivity index is 2.26. The van der Waals surface area contributed by atoms with Crippen LogP contribution in [0.4, 0.5) is 13.2 Å². The summed E-state index contributed by atoms with van der Waals surface area (Å²) in [4.78, 5) is 37.2. The first-order chi connectivity index (χ1) is 14.4. The van der Waals surface area contributed by atoms with Crippen LogP contribution in [0.1, 0.15) is 48.5 Å². The van der Waals surface area contributed by atoms with Gasteiger partial charge in [-0.2, -0.15) is 13.2 Å². The number of hydrogen-bond acceptors (Lipinski definition) is 6. The Labute approximate surface area is 176 Å². The average molecular weight is 438 g/mol. The molecule has 0 saturated heterocycles. The second kappa shape index (κ2) is 7.86. The van der Waals surface area contributed by atoms with Crippen molar-refractivity contribution in [2.45, 2.75) is 38.8 Å². The van der Waals surface area contributed by atoms with Crippen LogP contribution in [0.5, 0.6) is 0 Å². The number of esters is 2. The second-order valence-electron chi connectivity index (χ2n) is 8.16. The number of halogens is 3. The van der Waals surface area contributed by atoms with Crippen molar-refractivity contribution in [1.82, 2.24) is 0 Å². The highest BCUT2D eigenvalue weighted by Crippen LogP contribution is 2.51. The topological polar surface area (TPSA) is 78.9 Å². The summed E-state index contributed by atoms with van der Waals surface area (Å²) in [5, 5.41) is 0. The van der Waals surface area contributed by atoms with E-state index in [2.05, 4.69) is 9.47 Å². The Kier molecular flexibility index (Phi) is 5.73. The molecule has 6 nitrogen and oxygen atoms in total. The molecule has 0 aromatic heterocycles. The van der Waals surface area contributed by atoms with Crippen molar-refractivity contribution >= 4 is 17.7 Å². The molecule has 0 saturated carbocycles. The molecule has 1 atom stereocenters. The number of ketones is 1. The van der Waals surface area contributed by atoms with Crippen molar-refractivity contribution in [3.8, 4) is 0 Å². The van der Waals surface area contributed by atoms with Gasteiger partial charge >= 0.3 is 18.1 Å². The van der Waals surface area contributed by atoms with E-state index in [4.69, 9.17) is 4.74 Å². The molecule has 0 radical (unpaired) electrons. The number of carbonyl (C=O) groups excluding carboxylic acids is 3. The van der Waals surface area contributed by atoms with Crippen molar-refractivity contribution in [2.75, 3.05) is 14.2 Å². The van der Waals surface area contributed by atoms with E-state index in [1.807, 2.05) is 0 Å². The Morgan fingerprint density at radius 1 is 1.03 bits per heavy atom. The van der Waals surface area contributed by atoms with Crippen LogP contribution in [-0.2, 0) is 23.8 Å². The first-order valence-corrected chi connectivity index (χ1v) is 9.41. The quantitative estimate of drug-likeness (QED) is 0.658. The fraction of sp³-hybridized carbons (Fsp3) is 0.409. The van der Waals surface area contributed by atoms with Crippen LogP contribution in [0.15, 0.2) is 46.9 Å². The fourth-order valence-corrected chi connectivity index (χ4v) is 3.94. The van der Waals surface area contributed by atoms with Crippen LogP contribution in [0.25, 0.3) is 0 Å². The van der Waals surface area contributed by atoms with Crippen molar-refractivity contribution < 1.29 is 41.8 Å². The normalized spacial score (nSPS) is 20.7. The monoisotopic (exact) mass is 438 g/mol. The second-order valence-corrected chi connectivity index (χ2v) is 8.16. The molecule has 31 heavy (non-hydrogen) atoms. The molecule has 1 aliphatic heterocycles. The van der Waals surface area contributed by atoms with Gasteiger partial charge in [0.2, 0.25) is 5.76 Å². The number of methoxy groups -OCH3 is 2. The smallest absolute Gasteiger partial charge is 0.450 e. The van der Waals surface area contributed by atoms with Gasteiger partial charge in [-0.1, -0.05) is 26.0 Å². The van der Waals surface area contributed by atoms with E-state index in [-0.39, 0.29) is 35.3 Å². The molecule has 3 rings (SSSR count). The Bertz CT molecular complexity index is 999. The zero-order valence-electron chi connectivity index (χ0n) is 17.4. The van der Waals surface area contributed by atoms with Crippen LogP contribution >= 0.6 is 0 Å². The summed E-state index contributed by atoms with van der Waals surface area (Å²) >= 11 is 0. The number of alkyl halides is 3. The van der Waals surface area contributed by atoms with Gasteiger partial charge in [-0.3, -0.25) is 4.79 Å². The first kappa shape index (κ1) is 22.6. The van der Waals surface area contributed by atoms with Gasteiger partial charge in [-0.15, -0.1) is 0 Å². The summed E-state index contributed by atoms with van der Waals surface area (Å²) in [6, 6.07) is 5.49. The molecule has 166 valence electrons. The largest absolute Gasteiger partial charge is 0.466 e. The molecule has 0 fully saturated rings. The molecular weight excluding hydrogens is 417 g/mol. The van der Waals surface area contributed by atoms with E-state index in [9.17, 15) is 27.6 Å². The minimum atomic E-state index is -4.99. The number of rotatable bonds is 3. The SMILES string of the molecule is COC(=O)C1=C(C(F)(F)F)OC2=C(C(=O)CC(C)(C)C2)C1c1ccc(C(=O)OC)cc1. The predicted molar refractivity (Wildman–Crippen MR) is 102 cm³/mol. The van der Waals surface area contributed by atoms with Gasteiger partial charge in [-0.25, -0.2) is 9.59 Å². The van der Waals surface area contributed by atoms with Gasteiger partial charge in [-0.05, 0) is 23.1 Å². The third kappa shape index (κ3) is 4.22. The molecule has 0 spiro atoms. The van der Waals surface area contributed by atoms with E-state index in [0.29, 0.717) is 0 Å². The van der Waals surface area contributed by atoms with E-state index < -0.39 is 46.6 Å². The zero-order valence-corrected chi connectivity index (χ0v) is 17.4. The lowest BCUT2D eigenvalue weighted by atomic mass is 9.69. The van der Waals surface area contributed by atoms with Crippen molar-refractivity contribution in [3.63, 3.8) is 0 Å².